The molecule has 0 unspecified atom stereocenters. The smallest absolute Gasteiger partial charge is 0.309 e. The van der Waals surface area contributed by atoms with Crippen LogP contribution in [0.2, 0.25) is 0 Å². The van der Waals surface area contributed by atoms with Crippen LogP contribution in [0.25, 0.3) is 0 Å². The molecule has 1 aliphatic rings. The van der Waals surface area contributed by atoms with Gasteiger partial charge in [0.25, 0.3) is 0 Å². The number of ether oxygens (including phenoxy) is 1. The maximum Gasteiger partial charge on any atom is 0.309 e. The maximum absolute atomic E-state index is 11.3. The summed E-state index contributed by atoms with van der Waals surface area (Å²) in [6.07, 6.45) is 8.17. The van der Waals surface area contributed by atoms with Crippen molar-refractivity contribution in [3.8, 4) is 0 Å². The van der Waals surface area contributed by atoms with Gasteiger partial charge in [-0.15, -0.1) is 0 Å². The predicted molar refractivity (Wildman–Crippen MR) is 63.5 cm³/mol. The Morgan fingerprint density at radius 3 is 2.38 bits per heavy atom. The number of rotatable bonds is 7. The normalized spacial score (nSPS) is 19.6. The lowest BCUT2D eigenvalue weighted by atomic mass is 9.76. The number of carboxylic acids is 1. The van der Waals surface area contributed by atoms with Crippen molar-refractivity contribution in [3.05, 3.63) is 0 Å². The molecule has 16 heavy (non-hydrogen) atoms. The molecule has 0 aromatic rings. The zero-order valence-electron chi connectivity index (χ0n) is 10.3. The van der Waals surface area contributed by atoms with E-state index in [4.69, 9.17) is 4.74 Å². The van der Waals surface area contributed by atoms with Gasteiger partial charge in [0.2, 0.25) is 0 Å². The molecule has 0 aromatic heterocycles. The number of hydrogen-bond donors (Lipinski definition) is 1. The van der Waals surface area contributed by atoms with Crippen molar-refractivity contribution in [3.63, 3.8) is 0 Å². The van der Waals surface area contributed by atoms with E-state index in [1.54, 1.807) is 0 Å². The van der Waals surface area contributed by atoms with Crippen LogP contribution < -0.4 is 0 Å². The topological polar surface area (TPSA) is 46.5 Å². The van der Waals surface area contributed by atoms with Crippen molar-refractivity contribution < 1.29 is 14.6 Å². The summed E-state index contributed by atoms with van der Waals surface area (Å²) in [5.41, 5.74) is -0.482. The van der Waals surface area contributed by atoms with Crippen LogP contribution in [0.4, 0.5) is 0 Å². The second-order valence-corrected chi connectivity index (χ2v) is 4.86. The van der Waals surface area contributed by atoms with Gasteiger partial charge in [0.05, 0.1) is 5.41 Å². The van der Waals surface area contributed by atoms with Gasteiger partial charge in [0.1, 0.15) is 0 Å². The molecule has 1 fully saturated rings. The fourth-order valence-electron chi connectivity index (χ4n) is 2.40. The van der Waals surface area contributed by atoms with Crippen LogP contribution >= 0.6 is 0 Å². The zero-order valence-corrected chi connectivity index (χ0v) is 10.3. The minimum absolute atomic E-state index is 0.482. The van der Waals surface area contributed by atoms with Gasteiger partial charge in [-0.05, 0) is 19.3 Å². The van der Waals surface area contributed by atoms with Crippen LogP contribution in [0.1, 0.15) is 58.3 Å². The average Bonchev–Trinajstić information content (AvgIpc) is 2.30. The van der Waals surface area contributed by atoms with E-state index in [1.165, 1.54) is 25.7 Å². The molecule has 1 N–H and O–H groups in total. The van der Waals surface area contributed by atoms with E-state index in [0.717, 1.165) is 12.8 Å². The molecule has 0 aliphatic carbocycles. The van der Waals surface area contributed by atoms with Gasteiger partial charge in [-0.3, -0.25) is 4.79 Å². The first kappa shape index (κ1) is 13.5. The van der Waals surface area contributed by atoms with E-state index in [9.17, 15) is 9.90 Å². The van der Waals surface area contributed by atoms with Crippen molar-refractivity contribution in [2.75, 3.05) is 13.2 Å². The van der Waals surface area contributed by atoms with Crippen LogP contribution in [-0.4, -0.2) is 24.3 Å². The molecule has 1 heterocycles. The number of unbranched alkanes of at least 4 members (excludes halogenated alkanes) is 4. The Hall–Kier alpha value is -0.570. The van der Waals surface area contributed by atoms with Crippen molar-refractivity contribution in [2.24, 2.45) is 5.41 Å². The highest BCUT2D eigenvalue weighted by Crippen LogP contribution is 2.36. The second-order valence-electron chi connectivity index (χ2n) is 4.86. The van der Waals surface area contributed by atoms with E-state index in [1.807, 2.05) is 0 Å². The molecule has 1 saturated heterocycles. The molecular formula is C13H24O3. The van der Waals surface area contributed by atoms with Gasteiger partial charge >= 0.3 is 5.97 Å². The summed E-state index contributed by atoms with van der Waals surface area (Å²) in [7, 11) is 0. The molecule has 0 spiro atoms. The van der Waals surface area contributed by atoms with Gasteiger partial charge in [-0.2, -0.15) is 0 Å². The monoisotopic (exact) mass is 228 g/mol. The molecule has 94 valence electrons. The molecule has 0 saturated carbocycles. The van der Waals surface area contributed by atoms with E-state index in [0.29, 0.717) is 26.1 Å². The van der Waals surface area contributed by atoms with E-state index in [2.05, 4.69) is 6.92 Å². The first-order chi connectivity index (χ1) is 7.71. The fraction of sp³-hybridized carbons (Fsp3) is 0.923. The highest BCUT2D eigenvalue weighted by molar-refractivity contribution is 5.74. The number of aliphatic carboxylic acids is 1. The summed E-state index contributed by atoms with van der Waals surface area (Å²) >= 11 is 0. The van der Waals surface area contributed by atoms with E-state index < -0.39 is 11.4 Å². The lowest BCUT2D eigenvalue weighted by Gasteiger charge is -2.33. The van der Waals surface area contributed by atoms with Gasteiger partial charge in [-0.25, -0.2) is 0 Å². The summed E-state index contributed by atoms with van der Waals surface area (Å²) in [6.45, 7) is 3.42. The van der Waals surface area contributed by atoms with Crippen LogP contribution in [-0.2, 0) is 9.53 Å². The standard InChI is InChI=1S/C13H24O3/c1-2-3-4-5-6-7-13(12(14)15)8-10-16-11-9-13/h2-11H2,1H3,(H,14,15). The number of carboxylic acid groups (broad SMARTS) is 1. The molecule has 1 aliphatic heterocycles. The Morgan fingerprint density at radius 2 is 1.81 bits per heavy atom. The molecule has 1 rings (SSSR count). The molecule has 3 nitrogen and oxygen atoms in total. The second kappa shape index (κ2) is 6.89. The van der Waals surface area contributed by atoms with E-state index >= 15 is 0 Å². The van der Waals surface area contributed by atoms with Crippen molar-refractivity contribution in [1.82, 2.24) is 0 Å². The molecule has 3 heteroatoms. The third-order valence-corrected chi connectivity index (χ3v) is 3.66. The predicted octanol–water partition coefficient (Wildman–Crippen LogP) is 3.23. The Bertz CT molecular complexity index is 207. The van der Waals surface area contributed by atoms with Crippen molar-refractivity contribution in [2.45, 2.75) is 58.3 Å². The first-order valence-corrected chi connectivity index (χ1v) is 6.52. The summed E-state index contributed by atoms with van der Waals surface area (Å²) in [5.74, 6) is -0.619. The maximum atomic E-state index is 11.3. The summed E-state index contributed by atoms with van der Waals surface area (Å²) in [6, 6.07) is 0. The van der Waals surface area contributed by atoms with Gasteiger partial charge in [-0.1, -0.05) is 39.0 Å². The molecular weight excluding hydrogens is 204 g/mol. The lowest BCUT2D eigenvalue weighted by Crippen LogP contribution is -2.37. The van der Waals surface area contributed by atoms with Crippen LogP contribution in [0.15, 0.2) is 0 Å². The highest BCUT2D eigenvalue weighted by atomic mass is 16.5. The third-order valence-electron chi connectivity index (χ3n) is 3.66. The Morgan fingerprint density at radius 1 is 1.19 bits per heavy atom. The van der Waals surface area contributed by atoms with Gasteiger partial charge in [0.15, 0.2) is 0 Å². The van der Waals surface area contributed by atoms with E-state index in [-0.39, 0.29) is 0 Å². The average molecular weight is 228 g/mol. The molecule has 0 atom stereocenters. The van der Waals surface area contributed by atoms with Crippen molar-refractivity contribution >= 4 is 5.97 Å². The lowest BCUT2D eigenvalue weighted by molar-refractivity contribution is -0.155. The highest BCUT2D eigenvalue weighted by Gasteiger charge is 2.39. The Balaban J connectivity index is 2.30. The van der Waals surface area contributed by atoms with Gasteiger partial charge in [0, 0.05) is 13.2 Å². The Kier molecular flexibility index (Phi) is 5.81. The summed E-state index contributed by atoms with van der Waals surface area (Å²) in [5, 5.41) is 9.34. The van der Waals surface area contributed by atoms with Gasteiger partial charge < -0.3 is 9.84 Å². The SMILES string of the molecule is CCCCCCCC1(C(=O)O)CCOCC1. The summed E-state index contributed by atoms with van der Waals surface area (Å²) in [4.78, 5) is 11.3. The minimum atomic E-state index is -0.619. The third kappa shape index (κ3) is 3.78. The minimum Gasteiger partial charge on any atom is -0.481 e. The summed E-state index contributed by atoms with van der Waals surface area (Å²) < 4.78 is 5.26. The first-order valence-electron chi connectivity index (χ1n) is 6.52. The number of hydrogen-bond acceptors (Lipinski definition) is 2. The van der Waals surface area contributed by atoms with Crippen LogP contribution in [0.5, 0.6) is 0 Å². The molecule has 0 aromatic carbocycles. The zero-order chi connectivity index (χ0) is 11.9. The van der Waals surface area contributed by atoms with Crippen molar-refractivity contribution in [1.29, 1.82) is 0 Å². The quantitative estimate of drug-likeness (QED) is 0.680. The largest absolute Gasteiger partial charge is 0.481 e. The molecule has 0 bridgehead atoms. The fourth-order valence-corrected chi connectivity index (χ4v) is 2.40. The van der Waals surface area contributed by atoms with Crippen LogP contribution in [0, 0.1) is 5.41 Å². The number of carbonyl (C=O) groups is 1. The van der Waals surface area contributed by atoms with Crippen LogP contribution in [0.3, 0.4) is 0 Å². The molecule has 0 radical (unpaired) electrons. The Labute approximate surface area is 98.2 Å². The molecule has 0 amide bonds.